The number of imidazole rings is 1. The molecule has 0 atom stereocenters. The second kappa shape index (κ2) is 7.00. The quantitative estimate of drug-likeness (QED) is 0.572. The fourth-order valence-electron chi connectivity index (χ4n) is 2.61. The Bertz CT molecular complexity index is 979. The Balaban J connectivity index is 1.57. The van der Waals surface area contributed by atoms with Gasteiger partial charge in [-0.05, 0) is 30.3 Å². The number of anilines is 2. The SMILES string of the molecule is COCCc1nsc(Nc2ccc3c(c2)ncn3-c2ccccc2)n1. The highest BCUT2D eigenvalue weighted by atomic mass is 32.1. The lowest BCUT2D eigenvalue weighted by atomic mass is 10.2. The number of ether oxygens (including phenoxy) is 1. The molecule has 126 valence electrons. The van der Waals surface area contributed by atoms with E-state index in [1.165, 1.54) is 11.5 Å². The minimum absolute atomic E-state index is 0.624. The van der Waals surface area contributed by atoms with Crippen LogP contribution >= 0.6 is 11.5 Å². The van der Waals surface area contributed by atoms with Gasteiger partial charge in [0.25, 0.3) is 0 Å². The molecule has 7 heteroatoms. The van der Waals surface area contributed by atoms with E-state index in [0.29, 0.717) is 6.61 Å². The van der Waals surface area contributed by atoms with E-state index in [2.05, 4.69) is 42.4 Å². The Morgan fingerprint density at radius 2 is 2.04 bits per heavy atom. The van der Waals surface area contributed by atoms with Gasteiger partial charge in [-0.15, -0.1) is 0 Å². The molecule has 4 aromatic rings. The molecule has 0 aliphatic heterocycles. The van der Waals surface area contributed by atoms with Crippen molar-refractivity contribution in [3.8, 4) is 5.69 Å². The van der Waals surface area contributed by atoms with E-state index in [1.54, 1.807) is 7.11 Å². The van der Waals surface area contributed by atoms with Gasteiger partial charge in [-0.1, -0.05) is 18.2 Å². The normalized spacial score (nSPS) is 11.1. The summed E-state index contributed by atoms with van der Waals surface area (Å²) in [6, 6.07) is 16.3. The zero-order valence-corrected chi connectivity index (χ0v) is 14.5. The molecule has 2 aromatic heterocycles. The van der Waals surface area contributed by atoms with Crippen LogP contribution in [0.4, 0.5) is 10.8 Å². The molecule has 2 heterocycles. The molecule has 0 spiro atoms. The molecule has 0 aliphatic carbocycles. The number of nitrogens with zero attached hydrogens (tertiary/aromatic N) is 4. The van der Waals surface area contributed by atoms with Crippen LogP contribution in [0.25, 0.3) is 16.7 Å². The topological polar surface area (TPSA) is 64.9 Å². The summed E-state index contributed by atoms with van der Waals surface area (Å²) in [7, 11) is 1.68. The number of fused-ring (bicyclic) bond motifs is 1. The van der Waals surface area contributed by atoms with Crippen molar-refractivity contribution in [2.75, 3.05) is 19.0 Å². The van der Waals surface area contributed by atoms with Crippen LogP contribution < -0.4 is 5.32 Å². The Labute approximate surface area is 149 Å². The predicted molar refractivity (Wildman–Crippen MR) is 99.8 cm³/mol. The fraction of sp³-hybridized carbons (Fsp3) is 0.167. The molecule has 0 unspecified atom stereocenters. The monoisotopic (exact) mass is 351 g/mol. The van der Waals surface area contributed by atoms with Crippen LogP contribution in [0.5, 0.6) is 0 Å². The molecule has 25 heavy (non-hydrogen) atoms. The van der Waals surface area contributed by atoms with Crippen LogP contribution in [-0.2, 0) is 11.2 Å². The Kier molecular flexibility index (Phi) is 4.41. The molecule has 0 amide bonds. The summed E-state index contributed by atoms with van der Waals surface area (Å²) in [4.78, 5) is 8.98. The Hall–Kier alpha value is -2.77. The maximum absolute atomic E-state index is 5.05. The van der Waals surface area contributed by atoms with Crippen LogP contribution in [0.1, 0.15) is 5.82 Å². The predicted octanol–water partition coefficient (Wildman–Crippen LogP) is 3.81. The van der Waals surface area contributed by atoms with Crippen LogP contribution in [0, 0.1) is 0 Å². The number of para-hydroxylation sites is 1. The molecule has 0 fully saturated rings. The number of rotatable bonds is 6. The van der Waals surface area contributed by atoms with E-state index in [9.17, 15) is 0 Å². The second-order valence-electron chi connectivity index (χ2n) is 5.54. The van der Waals surface area contributed by atoms with E-state index in [4.69, 9.17) is 4.74 Å². The van der Waals surface area contributed by atoms with Gasteiger partial charge in [-0.3, -0.25) is 4.57 Å². The third kappa shape index (κ3) is 3.38. The summed E-state index contributed by atoms with van der Waals surface area (Å²) in [5.41, 5.74) is 4.03. The number of hydrogen-bond acceptors (Lipinski definition) is 6. The van der Waals surface area contributed by atoms with E-state index in [0.717, 1.165) is 39.8 Å². The molecule has 0 radical (unpaired) electrons. The smallest absolute Gasteiger partial charge is 0.207 e. The summed E-state index contributed by atoms with van der Waals surface area (Å²) in [6.07, 6.45) is 2.56. The molecule has 0 aliphatic rings. The standard InChI is InChI=1S/C18H17N5OS/c1-24-10-9-17-21-18(25-22-17)20-13-7-8-16-15(11-13)19-12-23(16)14-5-3-2-4-6-14/h2-8,11-12H,9-10H2,1H3,(H,20,21,22). The number of benzene rings is 2. The molecule has 4 rings (SSSR count). The van der Waals surface area contributed by atoms with Crippen molar-refractivity contribution >= 4 is 33.4 Å². The third-order valence-electron chi connectivity index (χ3n) is 3.83. The van der Waals surface area contributed by atoms with Gasteiger partial charge in [0.2, 0.25) is 5.13 Å². The van der Waals surface area contributed by atoms with E-state index in [-0.39, 0.29) is 0 Å². The van der Waals surface area contributed by atoms with Gasteiger partial charge in [-0.2, -0.15) is 4.37 Å². The molecule has 0 saturated heterocycles. The van der Waals surface area contributed by atoms with Crippen molar-refractivity contribution < 1.29 is 4.74 Å². The maximum atomic E-state index is 5.05. The molecule has 2 aromatic carbocycles. The van der Waals surface area contributed by atoms with E-state index in [1.807, 2.05) is 36.7 Å². The van der Waals surface area contributed by atoms with Crippen LogP contribution in [0.2, 0.25) is 0 Å². The first-order valence-corrected chi connectivity index (χ1v) is 8.72. The first-order chi connectivity index (χ1) is 12.3. The summed E-state index contributed by atoms with van der Waals surface area (Å²) in [6.45, 7) is 0.624. The lowest BCUT2D eigenvalue weighted by molar-refractivity contribution is 0.201. The number of methoxy groups -OCH3 is 1. The summed E-state index contributed by atoms with van der Waals surface area (Å²) in [5, 5.41) is 4.07. The average molecular weight is 351 g/mol. The van der Waals surface area contributed by atoms with Crippen molar-refractivity contribution in [1.29, 1.82) is 0 Å². The van der Waals surface area contributed by atoms with Crippen molar-refractivity contribution in [2.24, 2.45) is 0 Å². The van der Waals surface area contributed by atoms with Gasteiger partial charge < -0.3 is 10.1 Å². The summed E-state index contributed by atoms with van der Waals surface area (Å²) >= 11 is 1.35. The van der Waals surface area contributed by atoms with Gasteiger partial charge in [-0.25, -0.2) is 9.97 Å². The molecular formula is C18H17N5OS. The van der Waals surface area contributed by atoms with E-state index < -0.39 is 0 Å². The van der Waals surface area contributed by atoms with Gasteiger partial charge in [0, 0.05) is 36.4 Å². The van der Waals surface area contributed by atoms with Crippen LogP contribution in [0.15, 0.2) is 54.9 Å². The largest absolute Gasteiger partial charge is 0.384 e. The maximum Gasteiger partial charge on any atom is 0.207 e. The average Bonchev–Trinajstić information content (AvgIpc) is 3.27. The lowest BCUT2D eigenvalue weighted by Gasteiger charge is -2.05. The first kappa shape index (κ1) is 15.7. The van der Waals surface area contributed by atoms with Crippen molar-refractivity contribution in [2.45, 2.75) is 6.42 Å². The minimum Gasteiger partial charge on any atom is -0.384 e. The molecule has 0 bridgehead atoms. The molecule has 6 nitrogen and oxygen atoms in total. The summed E-state index contributed by atoms with van der Waals surface area (Å²) in [5.74, 6) is 0.795. The van der Waals surface area contributed by atoms with Gasteiger partial charge >= 0.3 is 0 Å². The number of hydrogen-bond donors (Lipinski definition) is 1. The van der Waals surface area contributed by atoms with Gasteiger partial charge in [0.05, 0.1) is 17.6 Å². The Morgan fingerprint density at radius 3 is 2.88 bits per heavy atom. The highest BCUT2D eigenvalue weighted by Gasteiger charge is 2.08. The molecular weight excluding hydrogens is 334 g/mol. The van der Waals surface area contributed by atoms with Crippen molar-refractivity contribution in [1.82, 2.24) is 18.9 Å². The fourth-order valence-corrected chi connectivity index (χ4v) is 3.24. The summed E-state index contributed by atoms with van der Waals surface area (Å²) < 4.78 is 11.5. The van der Waals surface area contributed by atoms with Crippen LogP contribution in [0.3, 0.4) is 0 Å². The zero-order valence-electron chi connectivity index (χ0n) is 13.7. The highest BCUT2D eigenvalue weighted by Crippen LogP contribution is 2.24. The van der Waals surface area contributed by atoms with Gasteiger partial charge in [0.15, 0.2) is 0 Å². The lowest BCUT2D eigenvalue weighted by Crippen LogP contribution is -1.97. The van der Waals surface area contributed by atoms with Crippen molar-refractivity contribution in [3.05, 3.63) is 60.7 Å². The van der Waals surface area contributed by atoms with Gasteiger partial charge in [0.1, 0.15) is 12.2 Å². The molecule has 0 saturated carbocycles. The van der Waals surface area contributed by atoms with Crippen LogP contribution in [-0.4, -0.2) is 32.6 Å². The first-order valence-electron chi connectivity index (χ1n) is 7.94. The minimum atomic E-state index is 0.624. The third-order valence-corrected chi connectivity index (χ3v) is 4.50. The molecule has 1 N–H and O–H groups in total. The Morgan fingerprint density at radius 1 is 1.16 bits per heavy atom. The highest BCUT2D eigenvalue weighted by molar-refractivity contribution is 7.09. The van der Waals surface area contributed by atoms with E-state index >= 15 is 0 Å². The van der Waals surface area contributed by atoms with Crippen molar-refractivity contribution in [3.63, 3.8) is 0 Å². The zero-order chi connectivity index (χ0) is 17.1. The second-order valence-corrected chi connectivity index (χ2v) is 6.29. The number of nitrogens with one attached hydrogen (secondary N) is 1. The number of aromatic nitrogens is 4.